The molecular weight excluding hydrogens is 203 g/mol. The molecule has 0 aliphatic heterocycles. The number of nitrogens with two attached hydrogens (primary N) is 2. The average molecular weight is 213 g/mol. The van der Waals surface area contributed by atoms with Crippen molar-refractivity contribution in [2.75, 3.05) is 11.5 Å². The lowest BCUT2D eigenvalue weighted by atomic mass is 10.3. The van der Waals surface area contributed by atoms with Gasteiger partial charge in [-0.2, -0.15) is 0 Å². The first kappa shape index (κ1) is 13.9. The third-order valence-corrected chi connectivity index (χ3v) is 0.996. The minimum absolute atomic E-state index is 0.646. The Morgan fingerprint density at radius 1 is 0.833 bits per heavy atom. The zero-order valence-electron chi connectivity index (χ0n) is 6.11. The lowest BCUT2D eigenvalue weighted by molar-refractivity contribution is 0.632. The monoisotopic (exact) mass is 212 g/mol. The molecule has 12 heavy (non-hydrogen) atoms. The van der Waals surface area contributed by atoms with E-state index in [4.69, 9.17) is 20.8 Å². The maximum absolute atomic E-state index is 6.47. The molecule has 70 valence electrons. The van der Waals surface area contributed by atoms with E-state index in [2.05, 4.69) is 23.7 Å². The van der Waals surface area contributed by atoms with Crippen molar-refractivity contribution in [2.45, 2.75) is 0 Å². The summed E-state index contributed by atoms with van der Waals surface area (Å²) in [4.78, 5) is 0. The van der Waals surface area contributed by atoms with Crippen LogP contribution in [-0.4, -0.2) is 9.32 Å². The van der Waals surface area contributed by atoms with Crippen molar-refractivity contribution in [3.8, 4) is 0 Å². The largest absolute Gasteiger partial charge is 0.397 e. The topological polar surface area (TPSA) is 92.5 Å². The first-order valence-corrected chi connectivity index (χ1v) is 3.42. The number of rotatable bonds is 0. The smallest absolute Gasteiger partial charge is 0.0579 e. The minimum atomic E-state index is 0.646. The van der Waals surface area contributed by atoms with Crippen LogP contribution in [-0.2, 0) is 0 Å². The first-order chi connectivity index (χ1) is 5.80. The second-order valence-corrected chi connectivity index (χ2v) is 1.63. The number of halogens is 2. The van der Waals surface area contributed by atoms with Crippen LogP contribution < -0.4 is 11.5 Å². The van der Waals surface area contributed by atoms with E-state index < -0.39 is 0 Å². The van der Waals surface area contributed by atoms with E-state index in [-0.39, 0.29) is 0 Å². The molecule has 0 saturated carbocycles. The Labute approximate surface area is 80.7 Å². The van der Waals surface area contributed by atoms with Crippen LogP contribution in [0.3, 0.4) is 0 Å². The van der Waals surface area contributed by atoms with Crippen molar-refractivity contribution >= 4 is 35.1 Å². The van der Waals surface area contributed by atoms with E-state index >= 15 is 0 Å². The van der Waals surface area contributed by atoms with Crippen molar-refractivity contribution in [2.24, 2.45) is 0 Å². The molecule has 1 aromatic carbocycles. The summed E-state index contributed by atoms with van der Waals surface area (Å²) in [5.74, 6) is 0. The van der Waals surface area contributed by atoms with Crippen LogP contribution in [0.25, 0.3) is 0 Å². The van der Waals surface area contributed by atoms with Crippen molar-refractivity contribution < 1.29 is 9.32 Å². The zero-order chi connectivity index (χ0) is 9.98. The van der Waals surface area contributed by atoms with Gasteiger partial charge >= 0.3 is 0 Å². The van der Waals surface area contributed by atoms with E-state index in [9.17, 15) is 0 Å². The van der Waals surface area contributed by atoms with Gasteiger partial charge in [0.1, 0.15) is 0 Å². The van der Waals surface area contributed by atoms with E-state index in [0.29, 0.717) is 11.4 Å². The molecule has 0 spiro atoms. The highest BCUT2D eigenvalue weighted by Crippen LogP contribution is 2.10. The van der Waals surface area contributed by atoms with Gasteiger partial charge in [0.15, 0.2) is 0 Å². The van der Waals surface area contributed by atoms with Crippen molar-refractivity contribution in [3.05, 3.63) is 24.3 Å². The number of anilines is 2. The van der Waals surface area contributed by atoms with Crippen LogP contribution in [0.2, 0.25) is 0 Å². The molecule has 0 heterocycles. The number of hydrogen-bond donors (Lipinski definition) is 4. The number of benzene rings is 1. The highest BCUT2D eigenvalue weighted by molar-refractivity contribution is 6.05. The highest BCUT2D eigenvalue weighted by atomic mass is 35.5. The van der Waals surface area contributed by atoms with Gasteiger partial charge in [0.25, 0.3) is 0 Å². The molecule has 0 radical (unpaired) electrons. The maximum Gasteiger partial charge on any atom is 0.0579 e. The van der Waals surface area contributed by atoms with Crippen molar-refractivity contribution in [1.29, 1.82) is 0 Å². The summed E-state index contributed by atoms with van der Waals surface area (Å²) >= 11 is 7.28. The van der Waals surface area contributed by atoms with Crippen LogP contribution in [0.4, 0.5) is 11.4 Å². The van der Waals surface area contributed by atoms with Gasteiger partial charge in [0.05, 0.1) is 35.1 Å². The summed E-state index contributed by atoms with van der Waals surface area (Å²) in [7, 11) is 0. The van der Waals surface area contributed by atoms with Crippen LogP contribution in [0.5, 0.6) is 0 Å². The zero-order valence-corrected chi connectivity index (χ0v) is 7.63. The molecule has 0 bridgehead atoms. The van der Waals surface area contributed by atoms with Gasteiger partial charge < -0.3 is 11.5 Å². The van der Waals surface area contributed by atoms with E-state index in [1.807, 2.05) is 12.1 Å². The van der Waals surface area contributed by atoms with Crippen LogP contribution in [0.1, 0.15) is 0 Å². The predicted octanol–water partition coefficient (Wildman–Crippen LogP) is 1.12. The fourth-order valence-electron chi connectivity index (χ4n) is 0.511. The SMILES string of the molecule is Nc1ccccc1N.OCl.OCl. The lowest BCUT2D eigenvalue weighted by Gasteiger charge is -1.94. The molecule has 0 unspecified atom stereocenters. The normalized spacial score (nSPS) is 7.00. The summed E-state index contributed by atoms with van der Waals surface area (Å²) in [6.07, 6.45) is 0. The fourth-order valence-corrected chi connectivity index (χ4v) is 0.511. The minimum Gasteiger partial charge on any atom is -0.397 e. The Morgan fingerprint density at radius 2 is 1.08 bits per heavy atom. The Kier molecular flexibility index (Phi) is 11.9. The molecule has 6 N–H and O–H groups in total. The van der Waals surface area contributed by atoms with E-state index in [1.54, 1.807) is 12.1 Å². The van der Waals surface area contributed by atoms with Crippen LogP contribution in [0.15, 0.2) is 24.3 Å². The predicted molar refractivity (Wildman–Crippen MR) is 51.4 cm³/mol. The molecule has 0 saturated heterocycles. The maximum atomic E-state index is 6.47. The second kappa shape index (κ2) is 10.3. The third kappa shape index (κ3) is 6.06. The molecule has 0 fully saturated rings. The molecular formula is C6H10Cl2N2O2. The highest BCUT2D eigenvalue weighted by Gasteiger charge is 1.85. The standard InChI is InChI=1S/C6H8N2.2ClHO/c7-5-3-1-2-4-6(5)8;2*1-2/h1-4H,7-8H2;2*2H. The number of nitrogen functional groups attached to an aromatic ring is 2. The quantitative estimate of drug-likeness (QED) is 0.486. The molecule has 0 aromatic heterocycles. The molecule has 0 amide bonds. The van der Waals surface area contributed by atoms with E-state index in [0.717, 1.165) is 0 Å². The van der Waals surface area contributed by atoms with Gasteiger partial charge in [-0.05, 0) is 12.1 Å². The number of hydrogen-bond acceptors (Lipinski definition) is 4. The Hall–Kier alpha value is -0.680. The molecule has 0 atom stereocenters. The second-order valence-electron chi connectivity index (χ2n) is 1.63. The summed E-state index contributed by atoms with van der Waals surface area (Å²) in [6, 6.07) is 7.25. The Bertz CT molecular complexity index is 178. The summed E-state index contributed by atoms with van der Waals surface area (Å²) in [6.45, 7) is 0. The van der Waals surface area contributed by atoms with E-state index in [1.165, 1.54) is 0 Å². The number of para-hydroxylation sites is 2. The van der Waals surface area contributed by atoms with Gasteiger partial charge in [-0.1, -0.05) is 12.1 Å². The Balaban J connectivity index is 0. The fraction of sp³-hybridized carbons (Fsp3) is 0. The van der Waals surface area contributed by atoms with Gasteiger partial charge in [-0.15, -0.1) is 0 Å². The van der Waals surface area contributed by atoms with Crippen molar-refractivity contribution in [3.63, 3.8) is 0 Å². The summed E-state index contributed by atoms with van der Waals surface area (Å²) in [5.41, 5.74) is 12.1. The Morgan fingerprint density at radius 3 is 1.25 bits per heavy atom. The van der Waals surface area contributed by atoms with Gasteiger partial charge in [-0.3, -0.25) is 9.32 Å². The molecule has 0 aliphatic rings. The van der Waals surface area contributed by atoms with Gasteiger partial charge in [0, 0.05) is 0 Å². The van der Waals surface area contributed by atoms with Gasteiger partial charge in [-0.25, -0.2) is 0 Å². The molecule has 1 aromatic rings. The molecule has 4 nitrogen and oxygen atoms in total. The van der Waals surface area contributed by atoms with Crippen molar-refractivity contribution in [1.82, 2.24) is 0 Å². The molecule has 6 heteroatoms. The van der Waals surface area contributed by atoms with Crippen LogP contribution in [0, 0.1) is 0 Å². The van der Waals surface area contributed by atoms with Gasteiger partial charge in [0.2, 0.25) is 0 Å². The third-order valence-electron chi connectivity index (χ3n) is 0.996. The molecule has 1 rings (SSSR count). The summed E-state index contributed by atoms with van der Waals surface area (Å²) in [5, 5.41) is 0. The van der Waals surface area contributed by atoms with Crippen LogP contribution >= 0.6 is 23.7 Å². The first-order valence-electron chi connectivity index (χ1n) is 2.74. The summed E-state index contributed by atoms with van der Waals surface area (Å²) < 4.78 is 12.9. The lowest BCUT2D eigenvalue weighted by Crippen LogP contribution is -1.91. The molecule has 0 aliphatic carbocycles. The average Bonchev–Trinajstić information content (AvgIpc) is 2.17.